The number of hydrogen-bond donors (Lipinski definition) is 0. The van der Waals surface area contributed by atoms with Crippen molar-refractivity contribution in [3.05, 3.63) is 84.4 Å². The van der Waals surface area contributed by atoms with Crippen LogP contribution in [0.2, 0.25) is 0 Å². The van der Waals surface area contributed by atoms with Crippen LogP contribution < -0.4 is 4.74 Å². The summed E-state index contributed by atoms with van der Waals surface area (Å²) >= 11 is 0. The smallest absolute Gasteiger partial charge is 0.141 e. The summed E-state index contributed by atoms with van der Waals surface area (Å²) in [5.41, 5.74) is 7.05. The van der Waals surface area contributed by atoms with Crippen molar-refractivity contribution in [3.63, 3.8) is 0 Å². The van der Waals surface area contributed by atoms with E-state index >= 15 is 0 Å². The van der Waals surface area contributed by atoms with E-state index in [4.69, 9.17) is 9.72 Å². The molecule has 2 heterocycles. The molecule has 3 nitrogen and oxygen atoms in total. The summed E-state index contributed by atoms with van der Waals surface area (Å²) in [7, 11) is 0. The Balaban J connectivity index is 1.70. The lowest BCUT2D eigenvalue weighted by Gasteiger charge is -2.09. The maximum absolute atomic E-state index is 5.59. The highest BCUT2D eigenvalue weighted by Crippen LogP contribution is 2.41. The average Bonchev–Trinajstić information content (AvgIpc) is 3.25. The molecule has 4 aromatic rings. The van der Waals surface area contributed by atoms with E-state index in [1.54, 1.807) is 0 Å². The molecule has 0 amide bonds. The van der Waals surface area contributed by atoms with Crippen molar-refractivity contribution in [1.82, 2.24) is 9.55 Å². The molecule has 5 rings (SSSR count). The predicted molar refractivity (Wildman–Crippen MR) is 109 cm³/mol. The Hall–Kier alpha value is -3.33. The highest BCUT2D eigenvalue weighted by molar-refractivity contribution is 5.84. The van der Waals surface area contributed by atoms with Gasteiger partial charge in [-0.2, -0.15) is 0 Å². The number of ether oxygens (including phenoxy) is 1. The van der Waals surface area contributed by atoms with E-state index in [-0.39, 0.29) is 0 Å². The summed E-state index contributed by atoms with van der Waals surface area (Å²) in [5.74, 6) is 1.94. The van der Waals surface area contributed by atoms with Gasteiger partial charge in [0.25, 0.3) is 0 Å². The Bertz CT molecular complexity index is 1100. The van der Waals surface area contributed by atoms with Crippen LogP contribution in [-0.4, -0.2) is 16.2 Å². The SMILES string of the molecule is CCOc1ccc(-c2nc3n(c2-c2ccccc2)Cc2ccccc2-3)cc1. The van der Waals surface area contributed by atoms with Gasteiger partial charge in [0.15, 0.2) is 0 Å². The van der Waals surface area contributed by atoms with Gasteiger partial charge in [-0.25, -0.2) is 4.98 Å². The van der Waals surface area contributed by atoms with Gasteiger partial charge in [-0.15, -0.1) is 0 Å². The van der Waals surface area contributed by atoms with Crippen molar-refractivity contribution in [2.45, 2.75) is 13.5 Å². The Morgan fingerprint density at radius 2 is 1.59 bits per heavy atom. The minimum Gasteiger partial charge on any atom is -0.494 e. The summed E-state index contributed by atoms with van der Waals surface area (Å²) in [4.78, 5) is 5.08. The molecule has 0 saturated heterocycles. The molecular weight excluding hydrogens is 332 g/mol. The number of nitrogens with zero attached hydrogens (tertiary/aromatic N) is 2. The Morgan fingerprint density at radius 1 is 0.852 bits per heavy atom. The molecule has 0 fully saturated rings. The lowest BCUT2D eigenvalue weighted by Crippen LogP contribution is -1.97. The average molecular weight is 352 g/mol. The van der Waals surface area contributed by atoms with Gasteiger partial charge in [0.1, 0.15) is 11.6 Å². The molecule has 132 valence electrons. The zero-order valence-corrected chi connectivity index (χ0v) is 15.2. The summed E-state index contributed by atoms with van der Waals surface area (Å²) in [5, 5.41) is 0. The number of fused-ring (bicyclic) bond motifs is 3. The van der Waals surface area contributed by atoms with E-state index < -0.39 is 0 Å². The minimum atomic E-state index is 0.671. The molecule has 3 heteroatoms. The first-order valence-corrected chi connectivity index (χ1v) is 9.32. The van der Waals surface area contributed by atoms with Gasteiger partial charge in [-0.05, 0) is 36.8 Å². The molecule has 0 bridgehead atoms. The van der Waals surface area contributed by atoms with Crippen molar-refractivity contribution in [2.24, 2.45) is 0 Å². The fourth-order valence-corrected chi connectivity index (χ4v) is 3.82. The highest BCUT2D eigenvalue weighted by atomic mass is 16.5. The summed E-state index contributed by atoms with van der Waals surface area (Å²) in [6.07, 6.45) is 0. The zero-order valence-electron chi connectivity index (χ0n) is 15.2. The molecule has 1 aromatic heterocycles. The lowest BCUT2D eigenvalue weighted by molar-refractivity contribution is 0.340. The van der Waals surface area contributed by atoms with Crippen molar-refractivity contribution < 1.29 is 4.74 Å². The molecular formula is C24H20N2O. The molecule has 0 radical (unpaired) electrons. The summed E-state index contributed by atoms with van der Waals surface area (Å²) in [6.45, 7) is 3.53. The first-order chi connectivity index (χ1) is 13.3. The standard InChI is InChI=1S/C24H20N2O/c1-2-27-20-14-12-17(13-15-20)22-23(18-8-4-3-5-9-18)26-16-19-10-6-7-11-21(19)24(26)25-22/h3-15H,2,16H2,1H3. The van der Waals surface area contributed by atoms with Crippen molar-refractivity contribution in [2.75, 3.05) is 6.61 Å². The fraction of sp³-hybridized carbons (Fsp3) is 0.125. The maximum Gasteiger partial charge on any atom is 0.141 e. The highest BCUT2D eigenvalue weighted by Gasteiger charge is 2.26. The van der Waals surface area contributed by atoms with E-state index in [1.165, 1.54) is 22.4 Å². The second-order valence-electron chi connectivity index (χ2n) is 6.70. The lowest BCUT2D eigenvalue weighted by atomic mass is 10.0. The van der Waals surface area contributed by atoms with Crippen molar-refractivity contribution in [3.8, 4) is 39.7 Å². The number of imidazole rings is 1. The van der Waals surface area contributed by atoms with Gasteiger partial charge in [0.2, 0.25) is 0 Å². The van der Waals surface area contributed by atoms with Gasteiger partial charge in [0.05, 0.1) is 24.5 Å². The number of rotatable bonds is 4. The molecule has 0 aliphatic carbocycles. The molecule has 3 aromatic carbocycles. The van der Waals surface area contributed by atoms with Crippen LogP contribution in [0.25, 0.3) is 33.9 Å². The third kappa shape index (κ3) is 2.63. The molecule has 27 heavy (non-hydrogen) atoms. The van der Waals surface area contributed by atoms with Crippen LogP contribution in [0.3, 0.4) is 0 Å². The van der Waals surface area contributed by atoms with Crippen LogP contribution in [0.1, 0.15) is 12.5 Å². The normalized spacial score (nSPS) is 11.9. The van der Waals surface area contributed by atoms with Crippen molar-refractivity contribution in [1.29, 1.82) is 0 Å². The van der Waals surface area contributed by atoms with Crippen LogP contribution in [0, 0.1) is 0 Å². The minimum absolute atomic E-state index is 0.671. The first-order valence-electron chi connectivity index (χ1n) is 9.32. The second-order valence-corrected chi connectivity index (χ2v) is 6.70. The zero-order chi connectivity index (χ0) is 18.2. The largest absolute Gasteiger partial charge is 0.494 e. The van der Waals surface area contributed by atoms with E-state index in [1.807, 2.05) is 19.1 Å². The van der Waals surface area contributed by atoms with Gasteiger partial charge in [-0.1, -0.05) is 54.6 Å². The summed E-state index contributed by atoms with van der Waals surface area (Å²) < 4.78 is 7.93. The first kappa shape index (κ1) is 15.9. The third-order valence-electron chi connectivity index (χ3n) is 5.04. The van der Waals surface area contributed by atoms with Crippen LogP contribution in [0.15, 0.2) is 78.9 Å². The number of benzene rings is 3. The van der Waals surface area contributed by atoms with Crippen molar-refractivity contribution >= 4 is 0 Å². The molecule has 0 spiro atoms. The third-order valence-corrected chi connectivity index (χ3v) is 5.04. The quantitative estimate of drug-likeness (QED) is 0.418. The monoisotopic (exact) mass is 352 g/mol. The van der Waals surface area contributed by atoms with E-state index in [0.717, 1.165) is 29.4 Å². The van der Waals surface area contributed by atoms with Gasteiger partial charge in [-0.3, -0.25) is 0 Å². The second kappa shape index (κ2) is 6.44. The van der Waals surface area contributed by atoms with Gasteiger partial charge >= 0.3 is 0 Å². The van der Waals surface area contributed by atoms with E-state index in [9.17, 15) is 0 Å². The van der Waals surface area contributed by atoms with E-state index in [2.05, 4.69) is 71.3 Å². The Morgan fingerprint density at radius 3 is 2.37 bits per heavy atom. The molecule has 0 saturated carbocycles. The molecule has 0 N–H and O–H groups in total. The number of hydrogen-bond acceptors (Lipinski definition) is 2. The topological polar surface area (TPSA) is 27.1 Å². The van der Waals surface area contributed by atoms with Gasteiger partial charge in [0, 0.05) is 16.7 Å². The molecule has 1 aliphatic heterocycles. The van der Waals surface area contributed by atoms with Crippen LogP contribution in [-0.2, 0) is 6.54 Å². The molecule has 0 unspecified atom stereocenters. The molecule has 0 atom stereocenters. The fourth-order valence-electron chi connectivity index (χ4n) is 3.82. The van der Waals surface area contributed by atoms with Crippen LogP contribution >= 0.6 is 0 Å². The number of aromatic nitrogens is 2. The summed E-state index contributed by atoms with van der Waals surface area (Å²) in [6, 6.07) is 27.3. The maximum atomic E-state index is 5.59. The predicted octanol–water partition coefficient (Wildman–Crippen LogP) is 5.64. The van der Waals surface area contributed by atoms with Crippen LogP contribution in [0.5, 0.6) is 5.75 Å². The van der Waals surface area contributed by atoms with E-state index in [0.29, 0.717) is 6.61 Å². The van der Waals surface area contributed by atoms with Gasteiger partial charge < -0.3 is 9.30 Å². The Kier molecular flexibility index (Phi) is 3.79. The van der Waals surface area contributed by atoms with Crippen LogP contribution in [0.4, 0.5) is 0 Å². The molecule has 1 aliphatic rings. The Labute approximate surface area is 158 Å².